The van der Waals surface area contributed by atoms with Crippen molar-refractivity contribution in [2.45, 2.75) is 43.6 Å². The Morgan fingerprint density at radius 2 is 2.19 bits per heavy atom. The SMILES string of the molecule is CCOc1ccc(C(C)=O)cc1CSc1nnc(-c2cccs2)n1C1CC1. The number of ether oxygens (including phenoxy) is 1. The standard InChI is InChI=1S/C20H21N3O2S2/c1-3-25-17-9-6-14(13(2)24)11-15(17)12-27-20-22-21-19(18-5-4-10-26-18)23(20)16-7-8-16/h4-6,9-11,16H,3,7-8,12H2,1-2H3. The van der Waals surface area contributed by atoms with E-state index in [1.54, 1.807) is 30.0 Å². The first-order valence-corrected chi connectivity index (χ1v) is 10.9. The van der Waals surface area contributed by atoms with Crippen molar-refractivity contribution in [1.29, 1.82) is 0 Å². The summed E-state index contributed by atoms with van der Waals surface area (Å²) in [7, 11) is 0. The van der Waals surface area contributed by atoms with Gasteiger partial charge in [0, 0.05) is 22.9 Å². The molecule has 2 heterocycles. The van der Waals surface area contributed by atoms with Crippen molar-refractivity contribution in [2.24, 2.45) is 0 Å². The smallest absolute Gasteiger partial charge is 0.192 e. The number of nitrogens with zero attached hydrogens (tertiary/aromatic N) is 3. The Bertz CT molecular complexity index is 946. The Morgan fingerprint density at radius 1 is 1.33 bits per heavy atom. The first-order chi connectivity index (χ1) is 13.2. The Balaban J connectivity index is 1.61. The predicted octanol–water partition coefficient (Wildman–Crippen LogP) is 5.24. The molecule has 0 saturated heterocycles. The van der Waals surface area contributed by atoms with E-state index in [9.17, 15) is 4.79 Å². The largest absolute Gasteiger partial charge is 0.494 e. The summed E-state index contributed by atoms with van der Waals surface area (Å²) in [4.78, 5) is 12.9. The molecule has 5 nitrogen and oxygen atoms in total. The number of aromatic nitrogens is 3. The van der Waals surface area contributed by atoms with Crippen molar-refractivity contribution >= 4 is 28.9 Å². The molecule has 0 spiro atoms. The quantitative estimate of drug-likeness (QED) is 0.383. The molecule has 0 radical (unpaired) electrons. The average molecular weight is 400 g/mol. The zero-order valence-electron chi connectivity index (χ0n) is 15.3. The van der Waals surface area contributed by atoms with Crippen molar-refractivity contribution in [1.82, 2.24) is 14.8 Å². The molecule has 0 aliphatic heterocycles. The summed E-state index contributed by atoms with van der Waals surface area (Å²) in [5.41, 5.74) is 1.72. The van der Waals surface area contributed by atoms with E-state index in [4.69, 9.17) is 4.74 Å². The zero-order chi connectivity index (χ0) is 18.8. The summed E-state index contributed by atoms with van der Waals surface area (Å²) in [5, 5.41) is 11.9. The lowest BCUT2D eigenvalue weighted by Gasteiger charge is -2.12. The molecule has 1 aliphatic rings. The fraction of sp³-hybridized carbons (Fsp3) is 0.350. The second-order valence-corrected chi connectivity index (χ2v) is 8.38. The van der Waals surface area contributed by atoms with E-state index in [0.29, 0.717) is 24.0 Å². The van der Waals surface area contributed by atoms with Gasteiger partial charge in [-0.05, 0) is 56.3 Å². The molecule has 4 rings (SSSR count). The van der Waals surface area contributed by atoms with Crippen LogP contribution in [0.3, 0.4) is 0 Å². The van der Waals surface area contributed by atoms with Gasteiger partial charge in [-0.25, -0.2) is 0 Å². The molecule has 3 aromatic rings. The number of thioether (sulfide) groups is 1. The summed E-state index contributed by atoms with van der Waals surface area (Å²) in [5.74, 6) is 2.53. The number of hydrogen-bond donors (Lipinski definition) is 0. The number of carbonyl (C=O) groups is 1. The van der Waals surface area contributed by atoms with Crippen molar-refractivity contribution in [3.05, 3.63) is 46.8 Å². The monoisotopic (exact) mass is 399 g/mol. The van der Waals surface area contributed by atoms with Gasteiger partial charge in [-0.15, -0.1) is 21.5 Å². The summed E-state index contributed by atoms with van der Waals surface area (Å²) in [6, 6.07) is 10.3. The van der Waals surface area contributed by atoms with Crippen LogP contribution in [0.2, 0.25) is 0 Å². The molecule has 0 N–H and O–H groups in total. The highest BCUT2D eigenvalue weighted by Crippen LogP contribution is 2.42. The predicted molar refractivity (Wildman–Crippen MR) is 109 cm³/mol. The minimum atomic E-state index is 0.0606. The molecule has 0 bridgehead atoms. The number of Topliss-reactive ketones (excluding diaryl/α,β-unsaturated/α-hetero) is 1. The van der Waals surface area contributed by atoms with Crippen molar-refractivity contribution < 1.29 is 9.53 Å². The number of carbonyl (C=O) groups excluding carboxylic acids is 1. The van der Waals surface area contributed by atoms with Crippen LogP contribution in [0.5, 0.6) is 5.75 Å². The lowest BCUT2D eigenvalue weighted by atomic mass is 10.1. The Morgan fingerprint density at radius 3 is 2.85 bits per heavy atom. The maximum Gasteiger partial charge on any atom is 0.192 e. The molecule has 0 amide bonds. The maximum atomic E-state index is 11.8. The Labute approximate surface area is 166 Å². The second kappa shape index (κ2) is 7.86. The van der Waals surface area contributed by atoms with Gasteiger partial charge in [0.25, 0.3) is 0 Å². The molecule has 2 aromatic heterocycles. The Hall–Kier alpha value is -2.12. The highest BCUT2D eigenvalue weighted by Gasteiger charge is 2.30. The summed E-state index contributed by atoms with van der Waals surface area (Å²) < 4.78 is 8.02. The lowest BCUT2D eigenvalue weighted by Crippen LogP contribution is -2.01. The van der Waals surface area contributed by atoms with Gasteiger partial charge in [0.15, 0.2) is 16.8 Å². The van der Waals surface area contributed by atoms with Gasteiger partial charge in [-0.1, -0.05) is 17.8 Å². The third-order valence-electron chi connectivity index (χ3n) is 4.44. The van der Waals surface area contributed by atoms with Gasteiger partial charge < -0.3 is 4.74 Å². The van der Waals surface area contributed by atoms with E-state index in [0.717, 1.165) is 27.2 Å². The van der Waals surface area contributed by atoms with Crippen molar-refractivity contribution in [3.63, 3.8) is 0 Å². The highest BCUT2D eigenvalue weighted by molar-refractivity contribution is 7.98. The van der Waals surface area contributed by atoms with Crippen LogP contribution in [0, 0.1) is 0 Å². The van der Waals surface area contributed by atoms with Crippen LogP contribution in [0.4, 0.5) is 0 Å². The number of rotatable bonds is 8. The first-order valence-electron chi connectivity index (χ1n) is 9.05. The van der Waals surface area contributed by atoms with Crippen LogP contribution in [0.15, 0.2) is 40.9 Å². The molecule has 1 saturated carbocycles. The van der Waals surface area contributed by atoms with E-state index in [2.05, 4.69) is 26.2 Å². The number of benzene rings is 1. The fourth-order valence-electron chi connectivity index (χ4n) is 2.96. The van der Waals surface area contributed by atoms with Gasteiger partial charge >= 0.3 is 0 Å². The molecule has 0 atom stereocenters. The fourth-order valence-corrected chi connectivity index (χ4v) is 4.65. The van der Waals surface area contributed by atoms with E-state index >= 15 is 0 Å². The molecule has 140 valence electrons. The van der Waals surface area contributed by atoms with Gasteiger partial charge in [-0.2, -0.15) is 0 Å². The van der Waals surface area contributed by atoms with Gasteiger partial charge in [-0.3, -0.25) is 9.36 Å². The number of hydrogen-bond acceptors (Lipinski definition) is 6. The van der Waals surface area contributed by atoms with Gasteiger partial charge in [0.2, 0.25) is 0 Å². The number of thiophene rings is 1. The molecule has 1 aromatic carbocycles. The third-order valence-corrected chi connectivity index (χ3v) is 6.30. The second-order valence-electron chi connectivity index (χ2n) is 6.49. The van der Waals surface area contributed by atoms with Gasteiger partial charge in [0.05, 0.1) is 11.5 Å². The average Bonchev–Trinajstić information content (AvgIpc) is 3.18. The molecular weight excluding hydrogens is 378 g/mol. The van der Waals surface area contributed by atoms with Crippen molar-refractivity contribution in [2.75, 3.05) is 6.61 Å². The van der Waals surface area contributed by atoms with E-state index in [1.807, 2.05) is 31.2 Å². The lowest BCUT2D eigenvalue weighted by molar-refractivity contribution is 0.101. The van der Waals surface area contributed by atoms with Crippen LogP contribution < -0.4 is 4.74 Å². The minimum absolute atomic E-state index is 0.0606. The first kappa shape index (κ1) is 18.3. The summed E-state index contributed by atoms with van der Waals surface area (Å²) in [6.45, 7) is 4.15. The van der Waals surface area contributed by atoms with Crippen LogP contribution in [-0.4, -0.2) is 27.2 Å². The van der Waals surface area contributed by atoms with Crippen LogP contribution >= 0.6 is 23.1 Å². The maximum absolute atomic E-state index is 11.8. The molecule has 1 aliphatic carbocycles. The minimum Gasteiger partial charge on any atom is -0.494 e. The number of ketones is 1. The summed E-state index contributed by atoms with van der Waals surface area (Å²) in [6.07, 6.45) is 2.35. The van der Waals surface area contributed by atoms with Crippen LogP contribution in [0.1, 0.15) is 48.7 Å². The zero-order valence-corrected chi connectivity index (χ0v) is 17.0. The van der Waals surface area contributed by atoms with Gasteiger partial charge in [0.1, 0.15) is 5.75 Å². The molecule has 27 heavy (non-hydrogen) atoms. The molecule has 7 heteroatoms. The highest BCUT2D eigenvalue weighted by atomic mass is 32.2. The molecule has 1 fully saturated rings. The van der Waals surface area contributed by atoms with E-state index < -0.39 is 0 Å². The third kappa shape index (κ3) is 3.94. The molecular formula is C20H21N3O2S2. The van der Waals surface area contributed by atoms with E-state index in [-0.39, 0.29) is 5.78 Å². The topological polar surface area (TPSA) is 57.0 Å². The molecule has 0 unspecified atom stereocenters. The van der Waals surface area contributed by atoms with Crippen LogP contribution in [0.25, 0.3) is 10.7 Å². The Kier molecular flexibility index (Phi) is 5.31. The normalized spacial score (nSPS) is 13.7. The van der Waals surface area contributed by atoms with Crippen LogP contribution in [-0.2, 0) is 5.75 Å². The van der Waals surface area contributed by atoms with Crippen molar-refractivity contribution in [3.8, 4) is 16.5 Å². The summed E-state index contributed by atoms with van der Waals surface area (Å²) >= 11 is 3.34. The van der Waals surface area contributed by atoms with E-state index in [1.165, 1.54) is 12.8 Å².